The molecule has 1 aromatic rings. The molecular weight excluding hydrogens is 150 g/mol. The third-order valence-electron chi connectivity index (χ3n) is 2.23. The van der Waals surface area contributed by atoms with Crippen molar-refractivity contribution < 1.29 is 0 Å². The first kappa shape index (κ1) is 5.94. The smallest absolute Gasteiger partial charge is 0.115 e. The lowest BCUT2D eigenvalue weighted by Gasteiger charge is -2.06. The molecule has 2 aliphatic rings. The van der Waals surface area contributed by atoms with Crippen molar-refractivity contribution >= 4 is 18.8 Å². The van der Waals surface area contributed by atoms with E-state index >= 15 is 0 Å². The molecule has 0 aliphatic carbocycles. The second kappa shape index (κ2) is 1.94. The van der Waals surface area contributed by atoms with Crippen LogP contribution in [0, 0.1) is 0 Å². The second-order valence-corrected chi connectivity index (χ2v) is 2.91. The summed E-state index contributed by atoms with van der Waals surface area (Å²) in [6.07, 6.45) is 7.60. The van der Waals surface area contributed by atoms with E-state index in [1.54, 1.807) is 6.34 Å². The summed E-state index contributed by atoms with van der Waals surface area (Å²) in [5.41, 5.74) is 2.34. The minimum Gasteiger partial charge on any atom is -0.325 e. The van der Waals surface area contributed by atoms with Crippen LogP contribution in [-0.2, 0) is 0 Å². The van der Waals surface area contributed by atoms with Crippen LogP contribution < -0.4 is 0 Å². The van der Waals surface area contributed by atoms with Crippen molar-refractivity contribution in [2.24, 2.45) is 9.98 Å². The maximum Gasteiger partial charge on any atom is 0.115 e. The standard InChI is InChI=1S/C9H7N3/c1-2-9-7-4-10-6-11-8(7)5-12(9)3-1/h1-7H. The van der Waals surface area contributed by atoms with Crippen LogP contribution in [0.25, 0.3) is 6.20 Å². The highest BCUT2D eigenvalue weighted by atomic mass is 15.0. The van der Waals surface area contributed by atoms with Gasteiger partial charge in [0.05, 0.1) is 11.6 Å². The molecule has 3 rings (SSSR count). The van der Waals surface area contributed by atoms with Crippen molar-refractivity contribution in [1.29, 1.82) is 0 Å². The molecule has 0 N–H and O–H groups in total. The Hall–Kier alpha value is -1.64. The molecular formula is C9H7N3. The molecule has 3 heteroatoms. The van der Waals surface area contributed by atoms with Crippen LogP contribution in [0.1, 0.15) is 11.6 Å². The lowest BCUT2D eigenvalue weighted by molar-refractivity contribution is 1.00. The average Bonchev–Trinajstić information content (AvgIpc) is 2.62. The molecule has 1 unspecified atom stereocenters. The van der Waals surface area contributed by atoms with Gasteiger partial charge in [-0.3, -0.25) is 0 Å². The van der Waals surface area contributed by atoms with E-state index in [-0.39, 0.29) is 5.92 Å². The Kier molecular flexibility index (Phi) is 0.961. The first-order chi connectivity index (χ1) is 5.95. The lowest BCUT2D eigenvalue weighted by Crippen LogP contribution is -2.02. The maximum atomic E-state index is 4.20. The van der Waals surface area contributed by atoms with Gasteiger partial charge in [-0.2, -0.15) is 0 Å². The van der Waals surface area contributed by atoms with E-state index in [0.717, 1.165) is 5.70 Å². The molecule has 2 aliphatic heterocycles. The van der Waals surface area contributed by atoms with Crippen molar-refractivity contribution in [2.45, 2.75) is 5.92 Å². The lowest BCUT2D eigenvalue weighted by atomic mass is 10.1. The van der Waals surface area contributed by atoms with E-state index < -0.39 is 0 Å². The number of aliphatic imine (C=N–C) groups is 2. The van der Waals surface area contributed by atoms with Gasteiger partial charge in [-0.1, -0.05) is 0 Å². The molecule has 58 valence electrons. The Morgan fingerprint density at radius 1 is 1.42 bits per heavy atom. The van der Waals surface area contributed by atoms with Crippen LogP contribution in [0.2, 0.25) is 0 Å². The molecule has 0 saturated carbocycles. The van der Waals surface area contributed by atoms with Crippen LogP contribution >= 0.6 is 0 Å². The average molecular weight is 157 g/mol. The van der Waals surface area contributed by atoms with Gasteiger partial charge in [0.2, 0.25) is 0 Å². The highest BCUT2D eigenvalue weighted by molar-refractivity contribution is 5.86. The second-order valence-electron chi connectivity index (χ2n) is 2.91. The zero-order chi connectivity index (χ0) is 7.97. The van der Waals surface area contributed by atoms with E-state index in [1.165, 1.54) is 5.69 Å². The summed E-state index contributed by atoms with van der Waals surface area (Å²) in [6.45, 7) is 0. The van der Waals surface area contributed by atoms with E-state index in [9.17, 15) is 0 Å². The number of hydrogen-bond donors (Lipinski definition) is 0. The Bertz CT molecular complexity index is 409. The van der Waals surface area contributed by atoms with Crippen molar-refractivity contribution in [2.75, 3.05) is 0 Å². The fourth-order valence-corrected chi connectivity index (χ4v) is 1.65. The fraction of sp³-hybridized carbons (Fsp3) is 0.111. The van der Waals surface area contributed by atoms with Gasteiger partial charge in [0.1, 0.15) is 6.34 Å². The molecule has 0 amide bonds. The van der Waals surface area contributed by atoms with Crippen molar-refractivity contribution in [3.8, 4) is 0 Å². The van der Waals surface area contributed by atoms with Gasteiger partial charge in [-0.05, 0) is 12.1 Å². The predicted molar refractivity (Wildman–Crippen MR) is 48.4 cm³/mol. The summed E-state index contributed by atoms with van der Waals surface area (Å²) in [7, 11) is 0. The van der Waals surface area contributed by atoms with E-state index in [2.05, 4.69) is 20.6 Å². The summed E-state index contributed by atoms with van der Waals surface area (Å²) in [6, 6.07) is 4.13. The molecule has 1 atom stereocenters. The highest BCUT2D eigenvalue weighted by Crippen LogP contribution is 2.32. The number of fused-ring (bicyclic) bond motifs is 3. The maximum absolute atomic E-state index is 4.20. The van der Waals surface area contributed by atoms with Gasteiger partial charge in [0.15, 0.2) is 0 Å². The Morgan fingerprint density at radius 2 is 2.42 bits per heavy atom. The normalized spacial score (nSPS) is 23.7. The van der Waals surface area contributed by atoms with Gasteiger partial charge in [-0.25, -0.2) is 9.98 Å². The Balaban J connectivity index is 2.23. The van der Waals surface area contributed by atoms with Gasteiger partial charge < -0.3 is 4.57 Å². The molecule has 0 saturated heterocycles. The van der Waals surface area contributed by atoms with Crippen LogP contribution in [0.5, 0.6) is 0 Å². The molecule has 0 bridgehead atoms. The zero-order valence-corrected chi connectivity index (χ0v) is 6.38. The topological polar surface area (TPSA) is 29.6 Å². The summed E-state index contributed by atoms with van der Waals surface area (Å²) in [4.78, 5) is 8.22. The Labute approximate surface area is 69.8 Å². The summed E-state index contributed by atoms with van der Waals surface area (Å²) in [5, 5.41) is 0. The largest absolute Gasteiger partial charge is 0.325 e. The minimum atomic E-state index is 0.282. The third-order valence-corrected chi connectivity index (χ3v) is 2.23. The predicted octanol–water partition coefficient (Wildman–Crippen LogP) is 1.50. The number of allylic oxidation sites excluding steroid dienone is 1. The molecule has 3 nitrogen and oxygen atoms in total. The van der Waals surface area contributed by atoms with E-state index in [1.807, 2.05) is 24.7 Å². The number of rotatable bonds is 0. The van der Waals surface area contributed by atoms with E-state index in [0.29, 0.717) is 0 Å². The zero-order valence-electron chi connectivity index (χ0n) is 6.38. The summed E-state index contributed by atoms with van der Waals surface area (Å²) in [5.74, 6) is 0.282. The number of aromatic nitrogens is 1. The monoisotopic (exact) mass is 157 g/mol. The van der Waals surface area contributed by atoms with Gasteiger partial charge in [-0.15, -0.1) is 0 Å². The first-order valence-corrected chi connectivity index (χ1v) is 3.89. The third kappa shape index (κ3) is 0.605. The van der Waals surface area contributed by atoms with Crippen LogP contribution in [0.4, 0.5) is 0 Å². The summed E-state index contributed by atoms with van der Waals surface area (Å²) < 4.78 is 2.09. The van der Waals surface area contributed by atoms with Crippen molar-refractivity contribution in [1.82, 2.24) is 4.57 Å². The van der Waals surface area contributed by atoms with Crippen LogP contribution in [0.15, 0.2) is 34.0 Å². The van der Waals surface area contributed by atoms with Crippen molar-refractivity contribution in [3.63, 3.8) is 0 Å². The van der Waals surface area contributed by atoms with Gasteiger partial charge >= 0.3 is 0 Å². The van der Waals surface area contributed by atoms with Crippen LogP contribution in [-0.4, -0.2) is 17.1 Å². The molecule has 3 heterocycles. The molecule has 0 fully saturated rings. The minimum absolute atomic E-state index is 0.282. The van der Waals surface area contributed by atoms with Crippen molar-refractivity contribution in [3.05, 3.63) is 29.7 Å². The quantitative estimate of drug-likeness (QED) is 0.546. The fourth-order valence-electron chi connectivity index (χ4n) is 1.65. The molecule has 1 aromatic heterocycles. The van der Waals surface area contributed by atoms with Gasteiger partial charge in [0.25, 0.3) is 0 Å². The van der Waals surface area contributed by atoms with Gasteiger partial charge in [0, 0.05) is 24.3 Å². The molecule has 0 radical (unpaired) electrons. The Morgan fingerprint density at radius 3 is 3.42 bits per heavy atom. The first-order valence-electron chi connectivity index (χ1n) is 3.89. The molecule has 0 spiro atoms. The number of hydrogen-bond acceptors (Lipinski definition) is 2. The molecule has 0 aromatic carbocycles. The molecule has 12 heavy (non-hydrogen) atoms. The SMILES string of the molecule is C1=NC=NC2=Cn3cccc3C12. The van der Waals surface area contributed by atoms with Crippen LogP contribution in [0.3, 0.4) is 0 Å². The summed E-state index contributed by atoms with van der Waals surface area (Å²) >= 11 is 0. The highest BCUT2D eigenvalue weighted by Gasteiger charge is 2.24. The number of nitrogens with zero attached hydrogens (tertiary/aromatic N) is 3. The van der Waals surface area contributed by atoms with E-state index in [4.69, 9.17) is 0 Å².